The Morgan fingerprint density at radius 3 is 2.15 bits per heavy atom. The van der Waals surface area contributed by atoms with Gasteiger partial charge in [0.1, 0.15) is 17.3 Å². The lowest BCUT2D eigenvalue weighted by molar-refractivity contribution is -0.564. The number of carbonyl (C=O) groups is 1. The van der Waals surface area contributed by atoms with Gasteiger partial charge in [0.25, 0.3) is 5.91 Å². The molecule has 0 aliphatic carbocycles. The zero-order valence-corrected chi connectivity index (χ0v) is 40.4. The van der Waals surface area contributed by atoms with Gasteiger partial charge in [0.05, 0.1) is 39.3 Å². The molecule has 1 amide bonds. The number of amides is 1. The van der Waals surface area contributed by atoms with Gasteiger partial charge in [-0.2, -0.15) is 21.0 Å². The van der Waals surface area contributed by atoms with E-state index in [1.54, 1.807) is 47.2 Å². The molecule has 73 heavy (non-hydrogen) atoms. The number of H-pyrrole nitrogens is 4. The van der Waals surface area contributed by atoms with Gasteiger partial charge in [-0.1, -0.05) is 47.6 Å². The third-order valence-electron chi connectivity index (χ3n) is 13.5. The largest absolute Gasteiger partial charge is 0.337 e. The molecule has 5 N–H and O–H groups in total. The van der Waals surface area contributed by atoms with Crippen LogP contribution in [0.4, 0.5) is 5.69 Å². The number of likely N-dealkylation sites (tertiary alicyclic amines) is 1. The molecule has 0 unspecified atom stereocenters. The van der Waals surface area contributed by atoms with Crippen molar-refractivity contribution >= 4 is 78.4 Å². The summed E-state index contributed by atoms with van der Waals surface area (Å²) in [5.41, 5.74) is 16.4. The molecule has 0 bridgehead atoms. The van der Waals surface area contributed by atoms with Crippen LogP contribution in [0.5, 0.6) is 0 Å². The van der Waals surface area contributed by atoms with Crippen LogP contribution >= 0.6 is 22.7 Å². The number of hydrogen-bond acceptors (Lipinski definition) is 11. The second-order valence-electron chi connectivity index (χ2n) is 18.2. The lowest BCUT2D eigenvalue weighted by Gasteiger charge is -2.14. The number of hydrogen-bond donors (Lipinski definition) is 5. The Balaban J connectivity index is 0.842. The number of carbonyl (C=O) groups excluding carboxylic acids is 1. The Bertz CT molecular complexity index is 4220. The molecule has 1 aliphatic heterocycles. The molecule has 3 aromatic carbocycles. The predicted molar refractivity (Wildman–Crippen MR) is 287 cm³/mol. The fourth-order valence-corrected chi connectivity index (χ4v) is 11.5. The minimum Gasteiger partial charge on any atom is -0.337 e. The predicted octanol–water partition coefficient (Wildman–Crippen LogP) is 11.6. The molecule has 14 rings (SSSR count). The van der Waals surface area contributed by atoms with E-state index < -0.39 is 0 Å². The first-order chi connectivity index (χ1) is 36.0. The molecule has 10 aromatic heterocycles. The second kappa shape index (κ2) is 17.7. The SMILES string of the molecule is O=C(Nc1cncc(-c2cc3c(-c4nc5c(-c6ccsc6)cccc5[nH]4)n[nH]c3[n+](-c3cc(-c4cccc5[nH]c(-c6n[nH]c7ncc(-c8cncc(CN9CCCC9)c8)cc67)nc45)cs3)c2)c1)c1ccccc1. The summed E-state index contributed by atoms with van der Waals surface area (Å²) in [4.78, 5) is 47.2. The standard InChI is InChI=1S/C56H40N14OS2/c71-56(33-8-2-1-3-9-33)60-40-19-36(25-58-27-40)38-21-44-51(54-62-45-12-6-10-41(48(45)63-54)34-14-17-72-30-34)66-68-55(44)70(29-38)47-22-39(31-73-47)42-11-7-13-46-49(42)64-53(61-46)50-43-20-37(26-59-52(43)67-65-50)35-18-32(23-57-24-35)28-69-15-4-5-16-69/h1-3,6-14,17-27,29-31H,4-5,15-16,28H2,(H4,59,60,61,62,63,64,65,66,67,71)/p+1. The van der Waals surface area contributed by atoms with Crippen molar-refractivity contribution in [2.75, 3.05) is 18.4 Å². The van der Waals surface area contributed by atoms with E-state index >= 15 is 0 Å². The normalized spacial score (nSPS) is 13.0. The van der Waals surface area contributed by atoms with E-state index in [1.165, 1.54) is 18.4 Å². The van der Waals surface area contributed by atoms with Crippen molar-refractivity contribution in [3.63, 3.8) is 0 Å². The van der Waals surface area contributed by atoms with E-state index in [9.17, 15) is 4.79 Å². The quantitative estimate of drug-likeness (QED) is 0.0785. The average Bonchev–Trinajstić information content (AvgIpc) is 4.29. The fraction of sp³-hybridized carbons (Fsp3) is 0.0893. The van der Waals surface area contributed by atoms with Gasteiger partial charge in [0.15, 0.2) is 28.0 Å². The van der Waals surface area contributed by atoms with Gasteiger partial charge in [-0.3, -0.25) is 24.8 Å². The number of rotatable bonds is 11. The summed E-state index contributed by atoms with van der Waals surface area (Å²) in [6.45, 7) is 3.15. The van der Waals surface area contributed by atoms with E-state index in [-0.39, 0.29) is 5.91 Å². The van der Waals surface area contributed by atoms with Gasteiger partial charge >= 0.3 is 5.65 Å². The topological polar surface area (TPSA) is 190 Å². The lowest BCUT2D eigenvalue weighted by Crippen LogP contribution is -2.30. The van der Waals surface area contributed by atoms with E-state index in [2.05, 4.69) is 110 Å². The van der Waals surface area contributed by atoms with Crippen molar-refractivity contribution < 1.29 is 9.36 Å². The van der Waals surface area contributed by atoms with Gasteiger partial charge in [0, 0.05) is 81.7 Å². The first kappa shape index (κ1) is 42.8. The van der Waals surface area contributed by atoms with Crippen LogP contribution in [0, 0.1) is 0 Å². The smallest absolute Gasteiger partial charge is 0.315 e. The summed E-state index contributed by atoms with van der Waals surface area (Å²) in [5.74, 6) is 1.06. The summed E-state index contributed by atoms with van der Waals surface area (Å²) in [5, 5.41) is 28.2. The number of thiophene rings is 2. The van der Waals surface area contributed by atoms with Crippen molar-refractivity contribution in [1.82, 2.24) is 60.2 Å². The number of aromatic amines is 4. The highest BCUT2D eigenvalue weighted by Gasteiger charge is 2.26. The maximum atomic E-state index is 13.3. The first-order valence-corrected chi connectivity index (χ1v) is 25.7. The monoisotopic (exact) mass is 989 g/mol. The molecule has 1 saturated heterocycles. The molecule has 0 spiro atoms. The molecular weight excluding hydrogens is 949 g/mol. The third kappa shape index (κ3) is 7.82. The van der Waals surface area contributed by atoms with E-state index in [4.69, 9.17) is 25.1 Å². The second-order valence-corrected chi connectivity index (χ2v) is 19.9. The van der Waals surface area contributed by atoms with Gasteiger partial charge < -0.3 is 15.3 Å². The molecule has 1 aliphatic rings. The lowest BCUT2D eigenvalue weighted by atomic mass is 10.1. The molecule has 0 atom stereocenters. The Hall–Kier alpha value is -9.03. The number of imidazole rings is 2. The number of fused-ring (bicyclic) bond motifs is 4. The zero-order chi connectivity index (χ0) is 48.4. The Morgan fingerprint density at radius 1 is 0.658 bits per heavy atom. The molecule has 11 heterocycles. The minimum absolute atomic E-state index is 0.217. The van der Waals surface area contributed by atoms with E-state index in [0.29, 0.717) is 39.9 Å². The molecular formula is C56H41N14OS2+. The third-order valence-corrected chi connectivity index (χ3v) is 15.2. The minimum atomic E-state index is -0.217. The van der Waals surface area contributed by atoms with Crippen LogP contribution in [0.3, 0.4) is 0 Å². The Labute approximate surface area is 423 Å². The molecule has 1 fully saturated rings. The number of nitrogens with zero attached hydrogens (tertiary/aromatic N) is 9. The van der Waals surface area contributed by atoms with Gasteiger partial charge in [-0.15, -0.1) is 16.4 Å². The summed E-state index contributed by atoms with van der Waals surface area (Å²) >= 11 is 3.26. The molecule has 0 radical (unpaired) electrons. The highest BCUT2D eigenvalue weighted by Crippen LogP contribution is 2.37. The highest BCUT2D eigenvalue weighted by atomic mass is 32.1. The van der Waals surface area contributed by atoms with Crippen molar-refractivity contribution in [2.45, 2.75) is 19.4 Å². The number of pyridine rings is 4. The van der Waals surface area contributed by atoms with Crippen molar-refractivity contribution in [2.24, 2.45) is 0 Å². The first-order valence-electron chi connectivity index (χ1n) is 23.9. The molecule has 0 saturated carbocycles. The van der Waals surface area contributed by atoms with Gasteiger partial charge in [0.2, 0.25) is 0 Å². The summed E-state index contributed by atoms with van der Waals surface area (Å²) in [6, 6.07) is 34.2. The zero-order valence-electron chi connectivity index (χ0n) is 38.8. The molecule has 352 valence electrons. The molecule has 13 aromatic rings. The number of para-hydroxylation sites is 2. The molecule has 15 nitrogen and oxygen atoms in total. The van der Waals surface area contributed by atoms with E-state index in [0.717, 1.165) is 108 Å². The van der Waals surface area contributed by atoms with Crippen LogP contribution in [-0.2, 0) is 6.54 Å². The molecule has 17 heteroatoms. The van der Waals surface area contributed by atoms with Crippen LogP contribution in [0.2, 0.25) is 0 Å². The van der Waals surface area contributed by atoms with E-state index in [1.807, 2.05) is 67.1 Å². The fourth-order valence-electron chi connectivity index (χ4n) is 9.97. The summed E-state index contributed by atoms with van der Waals surface area (Å²) in [6.07, 6.45) is 13.8. The number of nitrogens with one attached hydrogen (secondary N) is 5. The number of benzene rings is 3. The van der Waals surface area contributed by atoms with Crippen molar-refractivity contribution in [3.8, 4) is 72.5 Å². The Kier molecular flexibility index (Phi) is 10.4. The van der Waals surface area contributed by atoms with Crippen molar-refractivity contribution in [3.05, 3.63) is 168 Å². The van der Waals surface area contributed by atoms with Gasteiger partial charge in [-0.05, 0) is 108 Å². The van der Waals surface area contributed by atoms with Crippen LogP contribution < -0.4 is 9.88 Å². The average molecular weight is 990 g/mol. The van der Waals surface area contributed by atoms with Crippen molar-refractivity contribution in [1.29, 1.82) is 0 Å². The van der Waals surface area contributed by atoms with Gasteiger partial charge in [-0.25, -0.2) is 15.0 Å². The summed E-state index contributed by atoms with van der Waals surface area (Å²) in [7, 11) is 0. The Morgan fingerprint density at radius 2 is 1.37 bits per heavy atom. The number of aromatic nitrogens is 12. The van der Waals surface area contributed by atoms with Crippen LogP contribution in [0.1, 0.15) is 28.8 Å². The van der Waals surface area contributed by atoms with Crippen LogP contribution in [-0.4, -0.2) is 79.2 Å². The maximum Gasteiger partial charge on any atom is 0.315 e. The highest BCUT2D eigenvalue weighted by molar-refractivity contribution is 7.12. The maximum absolute atomic E-state index is 13.3. The number of anilines is 1. The van der Waals surface area contributed by atoms with Crippen LogP contribution in [0.25, 0.3) is 117 Å². The van der Waals surface area contributed by atoms with Crippen LogP contribution in [0.15, 0.2) is 156 Å². The summed E-state index contributed by atoms with van der Waals surface area (Å²) < 4.78 is 2.12.